The number of hydrogen-bond acceptors (Lipinski definition) is 5. The van der Waals surface area contributed by atoms with Crippen LogP contribution in [0.5, 0.6) is 0 Å². The Morgan fingerprint density at radius 1 is 1.19 bits per heavy atom. The molecular formula is C25H36N4O3. The number of rotatable bonds is 8. The van der Waals surface area contributed by atoms with E-state index in [0.717, 1.165) is 11.3 Å². The Hall–Kier alpha value is -2.83. The molecule has 1 saturated heterocycles. The van der Waals surface area contributed by atoms with Crippen molar-refractivity contribution in [2.24, 2.45) is 13.0 Å². The van der Waals surface area contributed by atoms with Gasteiger partial charge in [0, 0.05) is 44.5 Å². The van der Waals surface area contributed by atoms with E-state index in [1.165, 1.54) is 11.1 Å². The second-order valence-corrected chi connectivity index (χ2v) is 9.26. The summed E-state index contributed by atoms with van der Waals surface area (Å²) in [6.07, 6.45) is 4.42. The minimum absolute atomic E-state index is 0.0380. The SMILES string of the molecule is CC(C)c1cccc(C(C)C)c1NCCOC(=O)[C@@H]1CCC(=O)N(C)[C@@H]1c1cnn(C)c1. The quantitative estimate of drug-likeness (QED) is 0.491. The number of nitrogens with one attached hydrogen (secondary N) is 1. The van der Waals surface area contributed by atoms with Crippen molar-refractivity contribution in [2.75, 3.05) is 25.5 Å². The number of ether oxygens (including phenoxy) is 1. The standard InChI is InChI=1S/C25H36N4O3/c1-16(2)19-8-7-9-20(17(3)4)23(19)26-12-13-32-25(31)21-10-11-22(30)29(6)24(21)18-14-27-28(5)15-18/h7-9,14-17,21,24,26H,10-13H2,1-6H3/t21-,24-/m1/s1. The Morgan fingerprint density at radius 2 is 1.84 bits per heavy atom. The van der Waals surface area contributed by atoms with Crippen LogP contribution < -0.4 is 5.32 Å². The Labute approximate surface area is 191 Å². The lowest BCUT2D eigenvalue weighted by Crippen LogP contribution is -2.43. The van der Waals surface area contributed by atoms with Gasteiger partial charge in [0.05, 0.1) is 18.2 Å². The van der Waals surface area contributed by atoms with E-state index < -0.39 is 5.92 Å². The Morgan fingerprint density at radius 3 is 2.41 bits per heavy atom. The summed E-state index contributed by atoms with van der Waals surface area (Å²) >= 11 is 0. The molecule has 1 N–H and O–H groups in total. The third kappa shape index (κ3) is 5.14. The van der Waals surface area contributed by atoms with Crippen molar-refractivity contribution in [3.05, 3.63) is 47.3 Å². The number of amides is 1. The normalized spacial score (nSPS) is 19.0. The summed E-state index contributed by atoms with van der Waals surface area (Å²) in [7, 11) is 3.57. The molecule has 1 amide bonds. The number of nitrogens with zero attached hydrogens (tertiary/aromatic N) is 3. The predicted molar refractivity (Wildman–Crippen MR) is 126 cm³/mol. The van der Waals surface area contributed by atoms with E-state index in [1.807, 2.05) is 13.2 Å². The van der Waals surface area contributed by atoms with Crippen LogP contribution in [0.2, 0.25) is 0 Å². The van der Waals surface area contributed by atoms with Gasteiger partial charge in [-0.25, -0.2) is 0 Å². The van der Waals surface area contributed by atoms with Crippen molar-refractivity contribution in [1.29, 1.82) is 0 Å². The summed E-state index contributed by atoms with van der Waals surface area (Å²) in [6.45, 7) is 9.55. The van der Waals surface area contributed by atoms with Crippen LogP contribution in [-0.4, -0.2) is 46.8 Å². The third-order valence-corrected chi connectivity index (χ3v) is 6.25. The number of carbonyl (C=O) groups is 2. The number of piperidine rings is 1. The van der Waals surface area contributed by atoms with Crippen LogP contribution in [0.4, 0.5) is 5.69 Å². The van der Waals surface area contributed by atoms with E-state index >= 15 is 0 Å². The summed E-state index contributed by atoms with van der Waals surface area (Å²) in [5.74, 6) is 0.178. The van der Waals surface area contributed by atoms with E-state index in [1.54, 1.807) is 22.8 Å². The van der Waals surface area contributed by atoms with Gasteiger partial charge < -0.3 is 15.0 Å². The van der Waals surface area contributed by atoms with Crippen molar-refractivity contribution < 1.29 is 14.3 Å². The summed E-state index contributed by atoms with van der Waals surface area (Å²) in [5, 5.41) is 7.73. The number of para-hydroxylation sites is 1. The molecule has 1 aromatic heterocycles. The minimum Gasteiger partial charge on any atom is -0.464 e. The molecule has 2 atom stereocenters. The number of esters is 1. The fraction of sp³-hybridized carbons (Fsp3) is 0.560. The zero-order valence-corrected chi connectivity index (χ0v) is 20.1. The first-order chi connectivity index (χ1) is 15.2. The van der Waals surface area contributed by atoms with Gasteiger partial charge in [-0.2, -0.15) is 5.10 Å². The number of carbonyl (C=O) groups excluding carboxylic acids is 2. The maximum Gasteiger partial charge on any atom is 0.311 e. The monoisotopic (exact) mass is 440 g/mol. The molecule has 1 aliphatic heterocycles. The molecule has 0 spiro atoms. The number of aryl methyl sites for hydroxylation is 1. The van der Waals surface area contributed by atoms with Gasteiger partial charge in [0.1, 0.15) is 6.61 Å². The highest BCUT2D eigenvalue weighted by Crippen LogP contribution is 2.36. The lowest BCUT2D eigenvalue weighted by molar-refractivity contribution is -0.155. The number of hydrogen-bond donors (Lipinski definition) is 1. The molecule has 7 heteroatoms. The minimum atomic E-state index is -0.393. The van der Waals surface area contributed by atoms with E-state index in [2.05, 4.69) is 56.3 Å². The molecule has 1 aromatic carbocycles. The van der Waals surface area contributed by atoms with Crippen molar-refractivity contribution in [3.8, 4) is 0 Å². The highest BCUT2D eigenvalue weighted by Gasteiger charge is 2.40. The Bertz CT molecular complexity index is 924. The van der Waals surface area contributed by atoms with E-state index in [0.29, 0.717) is 31.2 Å². The first-order valence-corrected chi connectivity index (χ1v) is 11.5. The molecule has 7 nitrogen and oxygen atoms in total. The van der Waals surface area contributed by atoms with Gasteiger partial charge in [-0.3, -0.25) is 14.3 Å². The van der Waals surface area contributed by atoms with Crippen molar-refractivity contribution in [3.63, 3.8) is 0 Å². The average Bonchev–Trinajstić information content (AvgIpc) is 3.18. The number of likely N-dealkylation sites (tertiary alicyclic amines) is 1. The molecule has 0 radical (unpaired) electrons. The van der Waals surface area contributed by atoms with Crippen molar-refractivity contribution >= 4 is 17.6 Å². The molecule has 0 aliphatic carbocycles. The lowest BCUT2D eigenvalue weighted by atomic mass is 9.86. The van der Waals surface area contributed by atoms with Crippen LogP contribution in [-0.2, 0) is 21.4 Å². The fourth-order valence-corrected chi connectivity index (χ4v) is 4.52. The first kappa shape index (κ1) is 23.8. The molecule has 174 valence electrons. The molecule has 2 aromatic rings. The molecular weight excluding hydrogens is 404 g/mol. The second kappa shape index (κ2) is 10.2. The summed E-state index contributed by atoms with van der Waals surface area (Å²) in [5.41, 5.74) is 4.54. The maximum absolute atomic E-state index is 13.0. The van der Waals surface area contributed by atoms with Gasteiger partial charge in [-0.15, -0.1) is 0 Å². The molecule has 3 rings (SSSR count). The predicted octanol–water partition coefficient (Wildman–Crippen LogP) is 4.23. The van der Waals surface area contributed by atoms with Crippen molar-refractivity contribution in [1.82, 2.24) is 14.7 Å². The van der Waals surface area contributed by atoms with Crippen LogP contribution in [0.25, 0.3) is 0 Å². The molecule has 32 heavy (non-hydrogen) atoms. The summed E-state index contributed by atoms with van der Waals surface area (Å²) in [4.78, 5) is 26.9. The zero-order chi connectivity index (χ0) is 23.4. The first-order valence-electron chi connectivity index (χ1n) is 11.5. The topological polar surface area (TPSA) is 76.5 Å². The van der Waals surface area contributed by atoms with Gasteiger partial charge in [0.15, 0.2) is 0 Å². The third-order valence-electron chi connectivity index (χ3n) is 6.25. The molecule has 1 fully saturated rings. The van der Waals surface area contributed by atoms with Gasteiger partial charge in [-0.1, -0.05) is 45.9 Å². The Kier molecular flexibility index (Phi) is 7.59. The second-order valence-electron chi connectivity index (χ2n) is 9.26. The summed E-state index contributed by atoms with van der Waals surface area (Å²) < 4.78 is 7.37. The number of anilines is 1. The summed E-state index contributed by atoms with van der Waals surface area (Å²) in [6, 6.07) is 6.06. The van der Waals surface area contributed by atoms with Crippen molar-refractivity contribution in [2.45, 2.75) is 58.4 Å². The maximum atomic E-state index is 13.0. The van der Waals surface area contributed by atoms with E-state index in [-0.39, 0.29) is 24.5 Å². The van der Waals surface area contributed by atoms with Crippen LogP contribution in [0.15, 0.2) is 30.6 Å². The fourth-order valence-electron chi connectivity index (χ4n) is 4.52. The Balaban J connectivity index is 1.65. The van der Waals surface area contributed by atoms with Gasteiger partial charge in [0.25, 0.3) is 0 Å². The number of benzene rings is 1. The van der Waals surface area contributed by atoms with Gasteiger partial charge in [0.2, 0.25) is 5.91 Å². The van der Waals surface area contributed by atoms with Crippen LogP contribution in [0.3, 0.4) is 0 Å². The average molecular weight is 441 g/mol. The van der Waals surface area contributed by atoms with Gasteiger partial charge >= 0.3 is 5.97 Å². The van der Waals surface area contributed by atoms with Crippen LogP contribution in [0, 0.1) is 5.92 Å². The molecule has 1 aliphatic rings. The number of aromatic nitrogens is 2. The highest BCUT2D eigenvalue weighted by molar-refractivity contribution is 5.82. The largest absolute Gasteiger partial charge is 0.464 e. The van der Waals surface area contributed by atoms with E-state index in [9.17, 15) is 9.59 Å². The molecule has 2 heterocycles. The lowest BCUT2D eigenvalue weighted by Gasteiger charge is -2.37. The molecule has 0 unspecified atom stereocenters. The van der Waals surface area contributed by atoms with Gasteiger partial charge in [-0.05, 0) is 29.4 Å². The smallest absolute Gasteiger partial charge is 0.311 e. The van der Waals surface area contributed by atoms with Crippen LogP contribution >= 0.6 is 0 Å². The van der Waals surface area contributed by atoms with Crippen LogP contribution in [0.1, 0.15) is 75.1 Å². The molecule has 0 bridgehead atoms. The molecule has 0 saturated carbocycles. The van der Waals surface area contributed by atoms with E-state index in [4.69, 9.17) is 4.74 Å². The zero-order valence-electron chi connectivity index (χ0n) is 20.1. The highest BCUT2D eigenvalue weighted by atomic mass is 16.5.